The first-order chi connectivity index (χ1) is 6.83. The molecule has 2 nitrogen and oxygen atoms in total. The molecule has 0 unspecified atom stereocenters. The van der Waals surface area contributed by atoms with Crippen molar-refractivity contribution in [1.29, 1.82) is 10.5 Å². The fourth-order valence-electron chi connectivity index (χ4n) is 0.856. The molecule has 1 rings (SSSR count). The molecule has 1 aliphatic carbocycles. The van der Waals surface area contributed by atoms with Crippen LogP contribution in [-0.4, -0.2) is 0 Å². The van der Waals surface area contributed by atoms with Gasteiger partial charge in [-0.3, -0.25) is 0 Å². The van der Waals surface area contributed by atoms with Crippen molar-refractivity contribution < 1.29 is 19.5 Å². The molecule has 3 heteroatoms. The van der Waals surface area contributed by atoms with Crippen LogP contribution in [0.5, 0.6) is 0 Å². The normalized spacial score (nSPS) is 11.7. The summed E-state index contributed by atoms with van der Waals surface area (Å²) in [5.74, 6) is 0. The summed E-state index contributed by atoms with van der Waals surface area (Å²) in [5, 5.41) is 14.6. The monoisotopic (exact) mass is 293 g/mol. The fraction of sp³-hybridized carbons (Fsp3) is 0.500. The molecule has 0 atom stereocenters. The average molecular weight is 293 g/mol. The Morgan fingerprint density at radius 1 is 0.733 bits per heavy atom. The maximum absolute atomic E-state index is 7.32. The number of hydrogen-bond acceptors (Lipinski definition) is 2. The number of allylic oxidation sites excluding steroid dienone is 4. The quantitative estimate of drug-likeness (QED) is 0.504. The van der Waals surface area contributed by atoms with Gasteiger partial charge in [0.05, 0.1) is 12.1 Å². The molecule has 15 heavy (non-hydrogen) atoms. The third-order valence-corrected chi connectivity index (χ3v) is 1.33. The Morgan fingerprint density at radius 2 is 0.867 bits per heavy atom. The van der Waals surface area contributed by atoms with E-state index in [9.17, 15) is 0 Å². The van der Waals surface area contributed by atoms with Gasteiger partial charge >= 0.3 is 0 Å². The predicted molar refractivity (Wildman–Crippen MR) is 59.3 cm³/mol. The van der Waals surface area contributed by atoms with Gasteiger partial charge < -0.3 is 0 Å². The SMILES string of the molecule is C1=CCCC=CCC1.CC#N.CC#N.[Rh]. The molecule has 0 fully saturated rings. The second-order valence-electron chi connectivity index (χ2n) is 2.54. The summed E-state index contributed by atoms with van der Waals surface area (Å²) in [5.41, 5.74) is 0. The van der Waals surface area contributed by atoms with Crippen molar-refractivity contribution in [2.75, 3.05) is 0 Å². The van der Waals surface area contributed by atoms with E-state index in [1.165, 1.54) is 39.5 Å². The van der Waals surface area contributed by atoms with Crippen LogP contribution >= 0.6 is 0 Å². The summed E-state index contributed by atoms with van der Waals surface area (Å²) in [6, 6.07) is 3.50. The van der Waals surface area contributed by atoms with Crippen molar-refractivity contribution in [3.05, 3.63) is 24.3 Å². The molecule has 0 heterocycles. The van der Waals surface area contributed by atoms with E-state index in [0.717, 1.165) is 0 Å². The van der Waals surface area contributed by atoms with E-state index in [1.54, 1.807) is 12.1 Å². The minimum atomic E-state index is 0. The van der Waals surface area contributed by atoms with Crippen LogP contribution < -0.4 is 0 Å². The van der Waals surface area contributed by atoms with Gasteiger partial charge in [0.15, 0.2) is 0 Å². The van der Waals surface area contributed by atoms with Gasteiger partial charge in [-0.2, -0.15) is 10.5 Å². The summed E-state index contributed by atoms with van der Waals surface area (Å²) in [7, 11) is 0. The first kappa shape index (κ1) is 19.6. The molecule has 1 aliphatic rings. The van der Waals surface area contributed by atoms with Crippen molar-refractivity contribution in [3.8, 4) is 12.1 Å². The van der Waals surface area contributed by atoms with Crippen molar-refractivity contribution in [2.45, 2.75) is 39.5 Å². The Kier molecular flexibility index (Phi) is 30.3. The molecule has 0 aliphatic heterocycles. The largest absolute Gasteiger partial charge is 0.199 e. The Labute approximate surface area is 106 Å². The minimum absolute atomic E-state index is 0. The molecule has 0 aromatic rings. The fourth-order valence-corrected chi connectivity index (χ4v) is 0.856. The van der Waals surface area contributed by atoms with Crippen molar-refractivity contribution in [3.63, 3.8) is 0 Å². The maximum Gasteiger partial charge on any atom is 0.0587 e. The molecule has 0 N–H and O–H groups in total. The molecule has 0 aromatic heterocycles. The van der Waals surface area contributed by atoms with Crippen LogP contribution in [0, 0.1) is 22.7 Å². The zero-order valence-electron chi connectivity index (χ0n) is 9.37. The number of hydrogen-bond donors (Lipinski definition) is 0. The van der Waals surface area contributed by atoms with Gasteiger partial charge in [0.25, 0.3) is 0 Å². The van der Waals surface area contributed by atoms with E-state index in [0.29, 0.717) is 0 Å². The van der Waals surface area contributed by atoms with E-state index < -0.39 is 0 Å². The molecule has 0 amide bonds. The minimum Gasteiger partial charge on any atom is -0.199 e. The molecule has 0 aromatic carbocycles. The Morgan fingerprint density at radius 3 is 1.00 bits per heavy atom. The predicted octanol–water partition coefficient (Wildman–Crippen LogP) is 3.73. The summed E-state index contributed by atoms with van der Waals surface area (Å²) in [4.78, 5) is 0. The van der Waals surface area contributed by atoms with Gasteiger partial charge in [-0.25, -0.2) is 0 Å². The van der Waals surface area contributed by atoms with Crippen LogP contribution in [0.25, 0.3) is 0 Å². The number of rotatable bonds is 0. The second kappa shape index (κ2) is 23.2. The molecule has 1 radical (unpaired) electrons. The Hall–Kier alpha value is -0.917. The van der Waals surface area contributed by atoms with E-state index >= 15 is 0 Å². The smallest absolute Gasteiger partial charge is 0.0587 e. The van der Waals surface area contributed by atoms with E-state index in [2.05, 4.69) is 24.3 Å². The first-order valence-electron chi connectivity index (χ1n) is 4.75. The number of nitrogens with zero attached hydrogens (tertiary/aromatic N) is 2. The van der Waals surface area contributed by atoms with Crippen LogP contribution in [0.3, 0.4) is 0 Å². The van der Waals surface area contributed by atoms with Gasteiger partial charge in [-0.05, 0) is 25.7 Å². The molecule has 0 bridgehead atoms. The zero-order chi connectivity index (χ0) is 11.1. The van der Waals surface area contributed by atoms with E-state index in [1.807, 2.05) is 0 Å². The summed E-state index contributed by atoms with van der Waals surface area (Å²) in [6.07, 6.45) is 14.0. The molecule has 0 saturated carbocycles. The molecular weight excluding hydrogens is 275 g/mol. The molecular formula is C12H18N2Rh. The van der Waals surface area contributed by atoms with Crippen LogP contribution in [-0.2, 0) is 19.5 Å². The van der Waals surface area contributed by atoms with Crippen LogP contribution in [0.4, 0.5) is 0 Å². The van der Waals surface area contributed by atoms with Crippen LogP contribution in [0.15, 0.2) is 24.3 Å². The van der Waals surface area contributed by atoms with E-state index in [-0.39, 0.29) is 19.5 Å². The van der Waals surface area contributed by atoms with Gasteiger partial charge in [-0.15, -0.1) is 0 Å². The van der Waals surface area contributed by atoms with Crippen molar-refractivity contribution in [2.24, 2.45) is 0 Å². The average Bonchev–Trinajstić information content (AvgIpc) is 2.04. The van der Waals surface area contributed by atoms with Gasteiger partial charge in [-0.1, -0.05) is 24.3 Å². The maximum atomic E-state index is 7.32. The van der Waals surface area contributed by atoms with Crippen LogP contribution in [0.1, 0.15) is 39.5 Å². The van der Waals surface area contributed by atoms with Crippen LogP contribution in [0.2, 0.25) is 0 Å². The molecule has 0 saturated heterocycles. The molecule has 0 spiro atoms. The second-order valence-corrected chi connectivity index (χ2v) is 2.54. The summed E-state index contributed by atoms with van der Waals surface area (Å²) >= 11 is 0. The number of nitriles is 2. The van der Waals surface area contributed by atoms with Gasteiger partial charge in [0, 0.05) is 33.3 Å². The summed E-state index contributed by atoms with van der Waals surface area (Å²) in [6.45, 7) is 2.86. The Balaban J connectivity index is -0.000000177. The first-order valence-corrected chi connectivity index (χ1v) is 4.75. The van der Waals surface area contributed by atoms with Crippen molar-refractivity contribution >= 4 is 0 Å². The molecule has 85 valence electrons. The third-order valence-electron chi connectivity index (χ3n) is 1.33. The topological polar surface area (TPSA) is 47.6 Å². The van der Waals surface area contributed by atoms with Gasteiger partial charge in [0.1, 0.15) is 0 Å². The standard InChI is InChI=1S/C8H12.2C2H3N.Rh/c1-2-4-6-8-7-5-3-1;2*1-2-3;/h1-2,7-8H,3-6H2;2*1H3;. The Bertz CT molecular complexity index is 193. The van der Waals surface area contributed by atoms with E-state index in [4.69, 9.17) is 10.5 Å². The summed E-state index contributed by atoms with van der Waals surface area (Å²) < 4.78 is 0. The van der Waals surface area contributed by atoms with Crippen molar-refractivity contribution in [1.82, 2.24) is 0 Å². The third kappa shape index (κ3) is 32.0. The zero-order valence-corrected chi connectivity index (χ0v) is 11.0. The van der Waals surface area contributed by atoms with Gasteiger partial charge in [0.2, 0.25) is 0 Å².